The van der Waals surface area contributed by atoms with Gasteiger partial charge in [-0.05, 0) is 50.5 Å². The van der Waals surface area contributed by atoms with Gasteiger partial charge in [0, 0.05) is 36.7 Å². The number of hydrogen-bond donors (Lipinski definition) is 1. The second kappa shape index (κ2) is 11.8. The zero-order chi connectivity index (χ0) is 30.4. The fourth-order valence-electron chi connectivity index (χ4n) is 7.51. The maximum Gasteiger partial charge on any atom is 0.251 e. The van der Waals surface area contributed by atoms with Crippen molar-refractivity contribution in [1.82, 2.24) is 4.90 Å². The minimum Gasteiger partial charge on any atom is -0.396 e. The van der Waals surface area contributed by atoms with E-state index < -0.39 is 27.4 Å². The van der Waals surface area contributed by atoms with Crippen molar-refractivity contribution in [3.05, 3.63) is 83.4 Å². The molecule has 4 aliphatic heterocycles. The predicted molar refractivity (Wildman–Crippen MR) is 172 cm³/mol. The summed E-state index contributed by atoms with van der Waals surface area (Å²) in [7, 11) is 0. The molecule has 2 aromatic carbocycles. The Morgan fingerprint density at radius 2 is 1.58 bits per heavy atom. The quantitative estimate of drug-likeness (QED) is 0.316. The molecule has 43 heavy (non-hydrogen) atoms. The number of fused-ring (bicyclic) bond motifs is 2. The van der Waals surface area contributed by atoms with Crippen LogP contribution in [0.1, 0.15) is 38.2 Å². The normalized spacial score (nSPS) is 29.9. The summed E-state index contributed by atoms with van der Waals surface area (Å²) in [5, 5.41) is 9.73. The lowest BCUT2D eigenvalue weighted by Gasteiger charge is -2.37. The van der Waals surface area contributed by atoms with E-state index in [2.05, 4.69) is 12.2 Å². The van der Waals surface area contributed by atoms with Crippen LogP contribution in [0.3, 0.4) is 0 Å². The van der Waals surface area contributed by atoms with Crippen LogP contribution in [-0.4, -0.2) is 69.5 Å². The predicted octanol–water partition coefficient (Wildman–Crippen LogP) is 5.39. The fourth-order valence-corrected chi connectivity index (χ4v) is 10.00. The van der Waals surface area contributed by atoms with Gasteiger partial charge in [0.2, 0.25) is 11.8 Å². The Kier molecular flexibility index (Phi) is 8.22. The molecule has 2 fully saturated rings. The van der Waals surface area contributed by atoms with Gasteiger partial charge in [0.05, 0.1) is 27.3 Å². The number of benzene rings is 2. The summed E-state index contributed by atoms with van der Waals surface area (Å²) in [4.78, 5) is 49.2. The van der Waals surface area contributed by atoms with Crippen molar-refractivity contribution in [3.63, 3.8) is 0 Å². The van der Waals surface area contributed by atoms with Crippen LogP contribution < -0.4 is 9.80 Å². The van der Waals surface area contributed by atoms with Crippen molar-refractivity contribution in [1.29, 1.82) is 0 Å². The van der Waals surface area contributed by atoms with E-state index in [4.69, 9.17) is 11.6 Å². The summed E-state index contributed by atoms with van der Waals surface area (Å²) < 4.78 is -1.59. The first-order chi connectivity index (χ1) is 20.7. The zero-order valence-corrected chi connectivity index (χ0v) is 26.2. The molecule has 6 rings (SSSR count). The van der Waals surface area contributed by atoms with Gasteiger partial charge in [0.1, 0.15) is 6.04 Å². The van der Waals surface area contributed by atoms with Crippen LogP contribution in [0, 0.1) is 18.8 Å². The summed E-state index contributed by atoms with van der Waals surface area (Å²) >= 11 is 8.27. The monoisotopic (exact) mass is 619 g/mol. The van der Waals surface area contributed by atoms with E-state index in [0.29, 0.717) is 43.2 Å². The number of aryl methyl sites for hydroxylation is 1. The lowest BCUT2D eigenvalue weighted by atomic mass is 9.74. The molecule has 7 nitrogen and oxygen atoms in total. The number of carbonyl (C=O) groups excluding carboxylic acids is 3. The number of amides is 3. The second-order valence-electron chi connectivity index (χ2n) is 12.1. The highest BCUT2D eigenvalue weighted by molar-refractivity contribution is 8.02. The van der Waals surface area contributed by atoms with Gasteiger partial charge in [-0.2, -0.15) is 0 Å². The van der Waals surface area contributed by atoms with Crippen LogP contribution in [0.2, 0.25) is 5.02 Å². The van der Waals surface area contributed by atoms with E-state index in [9.17, 15) is 19.5 Å². The van der Waals surface area contributed by atoms with Gasteiger partial charge in [-0.1, -0.05) is 79.1 Å². The molecule has 2 aromatic rings. The van der Waals surface area contributed by atoms with Gasteiger partial charge < -0.3 is 19.8 Å². The Labute approximate surface area is 262 Å². The molecule has 3 amide bonds. The third kappa shape index (κ3) is 4.92. The second-order valence-corrected chi connectivity index (χ2v) is 14.3. The number of aliphatic hydroxyl groups is 1. The van der Waals surface area contributed by atoms with Crippen molar-refractivity contribution in [2.24, 2.45) is 11.8 Å². The maximum absolute atomic E-state index is 14.8. The number of aliphatic hydroxyl groups excluding tert-OH is 1. The molecule has 9 heteroatoms. The first-order valence-electron chi connectivity index (χ1n) is 15.1. The first-order valence-corrected chi connectivity index (χ1v) is 16.3. The lowest BCUT2D eigenvalue weighted by molar-refractivity contribution is -0.139. The molecule has 0 saturated carbocycles. The highest BCUT2D eigenvalue weighted by Crippen LogP contribution is 2.65. The summed E-state index contributed by atoms with van der Waals surface area (Å²) in [6.07, 6.45) is 11.2. The molecule has 4 aliphatic rings. The highest BCUT2D eigenvalue weighted by Gasteiger charge is 2.74. The van der Waals surface area contributed by atoms with Crippen molar-refractivity contribution in [2.45, 2.75) is 55.1 Å². The van der Waals surface area contributed by atoms with Crippen LogP contribution in [0.15, 0.2) is 72.8 Å². The molecule has 2 saturated heterocycles. The first kappa shape index (κ1) is 30.0. The van der Waals surface area contributed by atoms with Crippen LogP contribution in [0.4, 0.5) is 11.4 Å². The number of likely N-dealkylation sites (tertiary alicyclic amines) is 1. The van der Waals surface area contributed by atoms with E-state index in [1.807, 2.05) is 68.5 Å². The molecule has 1 spiro atoms. The number of nitrogens with zero attached hydrogens (tertiary/aromatic N) is 3. The third-order valence-electron chi connectivity index (χ3n) is 9.39. The summed E-state index contributed by atoms with van der Waals surface area (Å²) in [5.41, 5.74) is 2.33. The molecule has 5 atom stereocenters. The maximum atomic E-state index is 14.8. The van der Waals surface area contributed by atoms with Crippen molar-refractivity contribution in [2.75, 3.05) is 36.0 Å². The average molecular weight is 620 g/mol. The summed E-state index contributed by atoms with van der Waals surface area (Å²) in [6, 6.07) is 14.4. The van der Waals surface area contributed by atoms with Gasteiger partial charge in [-0.3, -0.25) is 14.4 Å². The van der Waals surface area contributed by atoms with E-state index in [-0.39, 0.29) is 24.3 Å². The minimum atomic E-state index is -0.914. The molecular formula is C34H38ClN3O4S. The van der Waals surface area contributed by atoms with Crippen LogP contribution in [0.25, 0.3) is 0 Å². The van der Waals surface area contributed by atoms with E-state index in [1.165, 1.54) is 0 Å². The topological polar surface area (TPSA) is 81.2 Å². The van der Waals surface area contributed by atoms with Gasteiger partial charge in [0.25, 0.3) is 5.91 Å². The molecule has 0 bridgehead atoms. The Bertz CT molecular complexity index is 1460. The number of rotatable bonds is 8. The minimum absolute atomic E-state index is 0.0890. The van der Waals surface area contributed by atoms with E-state index in [1.54, 1.807) is 32.5 Å². The largest absolute Gasteiger partial charge is 0.396 e. The Balaban J connectivity index is 1.44. The van der Waals surface area contributed by atoms with Gasteiger partial charge >= 0.3 is 0 Å². The van der Waals surface area contributed by atoms with Crippen molar-refractivity contribution in [3.8, 4) is 0 Å². The Morgan fingerprint density at radius 3 is 2.33 bits per heavy atom. The lowest BCUT2D eigenvalue weighted by Crippen LogP contribution is -2.53. The van der Waals surface area contributed by atoms with Gasteiger partial charge in [-0.25, -0.2) is 0 Å². The van der Waals surface area contributed by atoms with Crippen molar-refractivity contribution < 1.29 is 19.5 Å². The SMILES string of the molecule is Cc1cccc(Cl)c1N1CC=C[C@]23S[C@@]4(C)C=CCN(c5ccccc5)C(=O)[C@H]4[C@H]2C(=O)N(CCCCCCO)C3C1=O. The number of anilines is 2. The number of unbranched alkanes of at least 4 members (excludes halogenated alkanes) is 3. The Morgan fingerprint density at radius 1 is 0.860 bits per heavy atom. The third-order valence-corrected chi connectivity index (χ3v) is 11.5. The summed E-state index contributed by atoms with van der Waals surface area (Å²) in [5.74, 6) is -1.73. The zero-order valence-electron chi connectivity index (χ0n) is 24.6. The van der Waals surface area contributed by atoms with E-state index in [0.717, 1.165) is 24.1 Å². The van der Waals surface area contributed by atoms with Gasteiger partial charge in [-0.15, -0.1) is 11.8 Å². The molecular weight excluding hydrogens is 582 g/mol. The number of halogens is 1. The molecule has 0 aromatic heterocycles. The van der Waals surface area contributed by atoms with Crippen LogP contribution in [0.5, 0.6) is 0 Å². The number of thioether (sulfide) groups is 1. The highest BCUT2D eigenvalue weighted by atomic mass is 35.5. The Hall–Kier alpha value is -3.07. The van der Waals surface area contributed by atoms with E-state index >= 15 is 0 Å². The van der Waals surface area contributed by atoms with Crippen LogP contribution in [-0.2, 0) is 14.4 Å². The van der Waals surface area contributed by atoms with Crippen LogP contribution >= 0.6 is 23.4 Å². The molecule has 0 aliphatic carbocycles. The molecule has 1 N–H and O–H groups in total. The standard InChI is InChI=1S/C34H38ClN3O4S/c1-23-13-10-16-25(35)28(23)37-21-12-18-34-27(31(41)38(29(34)32(37)42)19-8-3-4-9-22-39)26-30(40)36(24-14-6-5-7-15-24)20-11-17-33(26,2)43-34/h5-7,10-18,26-27,29,39H,3-4,8-9,19-22H2,1-2H3/t26-,27+,29?,33+,34+/m1/s1. The summed E-state index contributed by atoms with van der Waals surface area (Å²) in [6.45, 7) is 5.28. The number of para-hydroxylation sites is 2. The smallest absolute Gasteiger partial charge is 0.251 e. The fraction of sp³-hybridized carbons (Fsp3) is 0.441. The van der Waals surface area contributed by atoms with Gasteiger partial charge in [0.15, 0.2) is 0 Å². The number of carbonyl (C=O) groups is 3. The molecule has 0 radical (unpaired) electrons. The average Bonchev–Trinajstić information content (AvgIpc) is 3.25. The molecule has 226 valence electrons. The molecule has 4 heterocycles. The molecule has 1 unspecified atom stereocenters. The number of hydrogen-bond acceptors (Lipinski definition) is 5. The van der Waals surface area contributed by atoms with Crippen molar-refractivity contribution >= 4 is 52.5 Å².